The van der Waals surface area contributed by atoms with Gasteiger partial charge in [0, 0.05) is 11.8 Å². The molecule has 0 fully saturated rings. The second-order valence-electron chi connectivity index (χ2n) is 5.94. The number of hydrogen-bond acceptors (Lipinski definition) is 5. The number of carbonyl (C=O) groups is 1. The molecule has 0 bridgehead atoms. The summed E-state index contributed by atoms with van der Waals surface area (Å²) in [6, 6.07) is 13.1. The van der Waals surface area contributed by atoms with Crippen LogP contribution in [0.2, 0.25) is 0 Å². The van der Waals surface area contributed by atoms with Crippen LogP contribution >= 0.6 is 0 Å². The zero-order chi connectivity index (χ0) is 17.8. The van der Waals surface area contributed by atoms with E-state index in [-0.39, 0.29) is 29.9 Å². The number of benzene rings is 2. The van der Waals surface area contributed by atoms with Crippen molar-refractivity contribution in [1.29, 1.82) is 0 Å². The van der Waals surface area contributed by atoms with Gasteiger partial charge in [-0.05, 0) is 48.9 Å². The maximum atomic E-state index is 12.2. The largest absolute Gasteiger partial charge is 0.508 e. The van der Waals surface area contributed by atoms with E-state index < -0.39 is 6.17 Å². The van der Waals surface area contributed by atoms with Crippen LogP contribution in [0.25, 0.3) is 0 Å². The molecular formula is C19H19N3O3. The van der Waals surface area contributed by atoms with E-state index in [0.717, 1.165) is 16.8 Å². The number of rotatable bonds is 4. The van der Waals surface area contributed by atoms with Crippen LogP contribution in [-0.4, -0.2) is 40.3 Å². The SMILES string of the molecule is CC1N=C(c2ccc(O)cc2)C=NC1NC(=O)Cc1ccc(O)cc1. The van der Waals surface area contributed by atoms with Crippen LogP contribution in [0.3, 0.4) is 0 Å². The highest BCUT2D eigenvalue weighted by molar-refractivity contribution is 6.38. The van der Waals surface area contributed by atoms with Crippen molar-refractivity contribution in [3.8, 4) is 11.5 Å². The van der Waals surface area contributed by atoms with Gasteiger partial charge < -0.3 is 15.5 Å². The smallest absolute Gasteiger partial charge is 0.226 e. The predicted octanol–water partition coefficient (Wildman–Crippen LogP) is 2.04. The molecule has 2 atom stereocenters. The van der Waals surface area contributed by atoms with Gasteiger partial charge in [0.1, 0.15) is 17.7 Å². The van der Waals surface area contributed by atoms with Crippen molar-refractivity contribution in [3.63, 3.8) is 0 Å². The number of aromatic hydroxyl groups is 2. The molecule has 2 aromatic rings. The zero-order valence-corrected chi connectivity index (χ0v) is 13.8. The summed E-state index contributed by atoms with van der Waals surface area (Å²) < 4.78 is 0. The minimum atomic E-state index is -0.412. The van der Waals surface area contributed by atoms with Gasteiger partial charge in [-0.2, -0.15) is 0 Å². The van der Waals surface area contributed by atoms with Crippen LogP contribution in [0.5, 0.6) is 11.5 Å². The summed E-state index contributed by atoms with van der Waals surface area (Å²) in [7, 11) is 0. The van der Waals surface area contributed by atoms with Gasteiger partial charge in [-0.15, -0.1) is 0 Å². The first kappa shape index (κ1) is 16.7. The fraction of sp³-hybridized carbons (Fsp3) is 0.211. The standard InChI is InChI=1S/C19H19N3O3/c1-12-19(22-18(25)10-13-2-6-15(23)7-3-13)20-11-17(21-12)14-4-8-16(24)9-5-14/h2-9,11-12,19,23-24H,10H2,1H3,(H,22,25). The molecule has 0 spiro atoms. The lowest BCUT2D eigenvalue weighted by Gasteiger charge is -2.23. The molecule has 3 rings (SSSR count). The lowest BCUT2D eigenvalue weighted by atomic mass is 10.1. The molecule has 2 unspecified atom stereocenters. The fourth-order valence-corrected chi connectivity index (χ4v) is 2.55. The molecule has 0 saturated heterocycles. The van der Waals surface area contributed by atoms with Gasteiger partial charge >= 0.3 is 0 Å². The second kappa shape index (κ2) is 7.17. The molecule has 0 aliphatic carbocycles. The van der Waals surface area contributed by atoms with E-state index in [2.05, 4.69) is 15.3 Å². The molecule has 1 amide bonds. The maximum absolute atomic E-state index is 12.2. The Kier molecular flexibility index (Phi) is 4.79. The Morgan fingerprint density at radius 1 is 1.04 bits per heavy atom. The van der Waals surface area contributed by atoms with Crippen molar-refractivity contribution in [2.75, 3.05) is 0 Å². The minimum Gasteiger partial charge on any atom is -0.508 e. The van der Waals surface area contributed by atoms with Gasteiger partial charge in [-0.1, -0.05) is 12.1 Å². The Morgan fingerprint density at radius 2 is 1.64 bits per heavy atom. The first-order chi connectivity index (χ1) is 12.0. The number of hydrogen-bond donors (Lipinski definition) is 3. The minimum absolute atomic E-state index is 0.150. The number of carbonyl (C=O) groups excluding carboxylic acids is 1. The second-order valence-corrected chi connectivity index (χ2v) is 5.94. The first-order valence-electron chi connectivity index (χ1n) is 7.99. The molecule has 6 nitrogen and oxygen atoms in total. The molecule has 128 valence electrons. The van der Waals surface area contributed by atoms with Gasteiger partial charge in [0.25, 0.3) is 0 Å². The number of nitrogens with one attached hydrogen (secondary N) is 1. The molecule has 0 saturated carbocycles. The normalized spacial score (nSPS) is 19.3. The Hall–Kier alpha value is -3.15. The predicted molar refractivity (Wildman–Crippen MR) is 96.3 cm³/mol. The van der Waals surface area contributed by atoms with Crippen LogP contribution in [0, 0.1) is 0 Å². The van der Waals surface area contributed by atoms with Crippen LogP contribution in [0.15, 0.2) is 58.5 Å². The Bertz CT molecular complexity index is 811. The molecule has 2 aromatic carbocycles. The summed E-state index contributed by atoms with van der Waals surface area (Å²) in [5.41, 5.74) is 2.40. The average Bonchev–Trinajstić information content (AvgIpc) is 2.59. The highest BCUT2D eigenvalue weighted by atomic mass is 16.3. The Balaban J connectivity index is 1.61. The molecule has 0 radical (unpaired) electrons. The topological polar surface area (TPSA) is 94.3 Å². The maximum Gasteiger partial charge on any atom is 0.226 e. The van der Waals surface area contributed by atoms with Crippen molar-refractivity contribution in [2.24, 2.45) is 9.98 Å². The van der Waals surface area contributed by atoms with Gasteiger partial charge in [-0.25, -0.2) is 0 Å². The molecule has 1 heterocycles. The van der Waals surface area contributed by atoms with Crippen LogP contribution in [-0.2, 0) is 11.2 Å². The lowest BCUT2D eigenvalue weighted by Crippen LogP contribution is -2.43. The van der Waals surface area contributed by atoms with E-state index in [0.29, 0.717) is 0 Å². The summed E-state index contributed by atoms with van der Waals surface area (Å²) in [6.07, 6.45) is 1.44. The third kappa shape index (κ3) is 4.23. The van der Waals surface area contributed by atoms with Gasteiger partial charge in [0.15, 0.2) is 0 Å². The highest BCUT2D eigenvalue weighted by Crippen LogP contribution is 2.15. The number of amides is 1. The van der Waals surface area contributed by atoms with E-state index >= 15 is 0 Å². The van der Waals surface area contributed by atoms with E-state index in [1.54, 1.807) is 54.7 Å². The zero-order valence-electron chi connectivity index (χ0n) is 13.8. The van der Waals surface area contributed by atoms with Gasteiger partial charge in [0.2, 0.25) is 5.91 Å². The summed E-state index contributed by atoms with van der Waals surface area (Å²) in [4.78, 5) is 21.1. The molecule has 25 heavy (non-hydrogen) atoms. The van der Waals surface area contributed by atoms with E-state index in [1.807, 2.05) is 6.92 Å². The number of phenolic OH excluding ortho intramolecular Hbond substituents is 2. The first-order valence-corrected chi connectivity index (χ1v) is 7.99. The van der Waals surface area contributed by atoms with Crippen LogP contribution in [0.4, 0.5) is 0 Å². The molecule has 1 aliphatic heterocycles. The summed E-state index contributed by atoms with van der Waals surface area (Å²) in [5.74, 6) is 0.221. The van der Waals surface area contributed by atoms with Crippen molar-refractivity contribution >= 4 is 17.8 Å². The molecule has 6 heteroatoms. The average molecular weight is 337 g/mol. The molecule has 1 aliphatic rings. The molecular weight excluding hydrogens is 318 g/mol. The van der Waals surface area contributed by atoms with Crippen molar-refractivity contribution in [1.82, 2.24) is 5.32 Å². The van der Waals surface area contributed by atoms with Gasteiger partial charge in [0.05, 0.1) is 18.2 Å². The lowest BCUT2D eigenvalue weighted by molar-refractivity contribution is -0.121. The monoisotopic (exact) mass is 337 g/mol. The fourth-order valence-electron chi connectivity index (χ4n) is 2.55. The van der Waals surface area contributed by atoms with Crippen molar-refractivity contribution in [3.05, 3.63) is 59.7 Å². The molecule has 3 N–H and O–H groups in total. The summed E-state index contributed by atoms with van der Waals surface area (Å²) in [6.45, 7) is 1.89. The highest BCUT2D eigenvalue weighted by Gasteiger charge is 2.22. The number of phenols is 2. The Morgan fingerprint density at radius 3 is 2.24 bits per heavy atom. The van der Waals surface area contributed by atoms with E-state index in [9.17, 15) is 15.0 Å². The Labute approximate surface area is 145 Å². The summed E-state index contributed by atoms with van der Waals surface area (Å²) >= 11 is 0. The number of aliphatic imine (C=N–C) groups is 2. The quantitative estimate of drug-likeness (QED) is 0.797. The van der Waals surface area contributed by atoms with E-state index in [4.69, 9.17) is 0 Å². The van der Waals surface area contributed by atoms with Gasteiger partial charge in [-0.3, -0.25) is 14.8 Å². The summed E-state index contributed by atoms with van der Waals surface area (Å²) in [5, 5.41) is 21.5. The van der Waals surface area contributed by atoms with Crippen molar-refractivity contribution in [2.45, 2.75) is 25.6 Å². The third-order valence-electron chi connectivity index (χ3n) is 3.93. The van der Waals surface area contributed by atoms with Crippen LogP contribution < -0.4 is 5.32 Å². The number of nitrogens with zero attached hydrogens (tertiary/aromatic N) is 2. The molecule has 0 aromatic heterocycles. The third-order valence-corrected chi connectivity index (χ3v) is 3.93. The van der Waals surface area contributed by atoms with E-state index in [1.165, 1.54) is 0 Å². The van der Waals surface area contributed by atoms with Crippen molar-refractivity contribution < 1.29 is 15.0 Å². The van der Waals surface area contributed by atoms with Crippen LogP contribution in [0.1, 0.15) is 18.1 Å².